The van der Waals surface area contributed by atoms with Gasteiger partial charge in [0.15, 0.2) is 0 Å². The summed E-state index contributed by atoms with van der Waals surface area (Å²) in [5.74, 6) is 0.905. The van der Waals surface area contributed by atoms with Gasteiger partial charge in [0.1, 0.15) is 0 Å². The Hall–Kier alpha value is -0.820. The molecule has 0 spiro atoms. The number of nitrogens with one attached hydrogen (secondary N) is 1. The average molecular weight is 245 g/mol. The molecule has 1 saturated carbocycles. The minimum absolute atomic E-state index is 0.534. The maximum absolute atomic E-state index is 3.85. The summed E-state index contributed by atoms with van der Waals surface area (Å²) in [6.45, 7) is 6.87. The standard InChI is InChI=1S/C17H27N/c1-4-14-7-9-15(10-8-14)17(5-2)18-16-11-6-13(3)12-16/h7-10,13,16-18H,4-6,11-12H2,1-3H3. The normalized spacial score (nSPS) is 25.3. The fourth-order valence-electron chi connectivity index (χ4n) is 3.08. The highest BCUT2D eigenvalue weighted by molar-refractivity contribution is 5.25. The van der Waals surface area contributed by atoms with Crippen molar-refractivity contribution < 1.29 is 0 Å². The van der Waals surface area contributed by atoms with Crippen LogP contribution in [0.3, 0.4) is 0 Å². The van der Waals surface area contributed by atoms with Crippen molar-refractivity contribution in [3.8, 4) is 0 Å². The molecule has 0 aromatic heterocycles. The largest absolute Gasteiger partial charge is 0.307 e. The summed E-state index contributed by atoms with van der Waals surface area (Å²) >= 11 is 0. The summed E-state index contributed by atoms with van der Waals surface area (Å²) in [5, 5.41) is 3.85. The summed E-state index contributed by atoms with van der Waals surface area (Å²) in [6.07, 6.45) is 6.40. The van der Waals surface area contributed by atoms with Gasteiger partial charge < -0.3 is 5.32 Å². The van der Waals surface area contributed by atoms with Crippen molar-refractivity contribution >= 4 is 0 Å². The summed E-state index contributed by atoms with van der Waals surface area (Å²) in [4.78, 5) is 0. The Morgan fingerprint density at radius 1 is 1.17 bits per heavy atom. The van der Waals surface area contributed by atoms with Crippen LogP contribution in [0.2, 0.25) is 0 Å². The highest BCUT2D eigenvalue weighted by Gasteiger charge is 2.23. The van der Waals surface area contributed by atoms with E-state index in [1.54, 1.807) is 0 Å². The molecule has 0 heterocycles. The van der Waals surface area contributed by atoms with Crippen LogP contribution in [-0.2, 0) is 6.42 Å². The maximum atomic E-state index is 3.85. The lowest BCUT2D eigenvalue weighted by atomic mass is 10.0. The first kappa shape index (κ1) is 13.6. The third-order valence-corrected chi connectivity index (χ3v) is 4.33. The van der Waals surface area contributed by atoms with Crippen molar-refractivity contribution in [2.24, 2.45) is 5.92 Å². The van der Waals surface area contributed by atoms with Gasteiger partial charge in [-0.3, -0.25) is 0 Å². The first-order chi connectivity index (χ1) is 8.72. The van der Waals surface area contributed by atoms with Gasteiger partial charge in [0, 0.05) is 12.1 Å². The van der Waals surface area contributed by atoms with E-state index in [1.807, 2.05) is 0 Å². The third-order valence-electron chi connectivity index (χ3n) is 4.33. The number of benzene rings is 1. The zero-order valence-corrected chi connectivity index (χ0v) is 12.1. The molecule has 3 atom stereocenters. The van der Waals surface area contributed by atoms with Crippen LogP contribution in [0.5, 0.6) is 0 Å². The van der Waals surface area contributed by atoms with Crippen LogP contribution < -0.4 is 5.32 Å². The van der Waals surface area contributed by atoms with Gasteiger partial charge in [-0.05, 0) is 49.1 Å². The van der Waals surface area contributed by atoms with Crippen molar-refractivity contribution in [1.82, 2.24) is 5.32 Å². The number of aryl methyl sites for hydroxylation is 1. The summed E-state index contributed by atoms with van der Waals surface area (Å²) in [7, 11) is 0. The van der Waals surface area contributed by atoms with E-state index in [-0.39, 0.29) is 0 Å². The molecule has 1 nitrogen and oxygen atoms in total. The van der Waals surface area contributed by atoms with Gasteiger partial charge in [0.25, 0.3) is 0 Å². The van der Waals surface area contributed by atoms with Crippen LogP contribution in [0.25, 0.3) is 0 Å². The fourth-order valence-corrected chi connectivity index (χ4v) is 3.08. The Morgan fingerprint density at radius 2 is 1.89 bits per heavy atom. The van der Waals surface area contributed by atoms with Gasteiger partial charge in [-0.2, -0.15) is 0 Å². The highest BCUT2D eigenvalue weighted by Crippen LogP contribution is 2.28. The van der Waals surface area contributed by atoms with Crippen molar-refractivity contribution in [2.75, 3.05) is 0 Å². The predicted octanol–water partition coefficient (Wildman–Crippen LogP) is 4.48. The molecule has 1 fully saturated rings. The maximum Gasteiger partial charge on any atom is 0.0320 e. The van der Waals surface area contributed by atoms with E-state index in [1.165, 1.54) is 36.8 Å². The molecule has 1 N–H and O–H groups in total. The molecule has 100 valence electrons. The Labute approximate surface area is 112 Å². The second-order valence-corrected chi connectivity index (χ2v) is 5.84. The molecule has 1 aromatic carbocycles. The van der Waals surface area contributed by atoms with E-state index in [9.17, 15) is 0 Å². The second kappa shape index (κ2) is 6.38. The molecule has 1 heteroatoms. The first-order valence-electron chi connectivity index (χ1n) is 7.57. The van der Waals surface area contributed by atoms with Crippen LogP contribution in [0, 0.1) is 5.92 Å². The molecular weight excluding hydrogens is 218 g/mol. The smallest absolute Gasteiger partial charge is 0.0320 e. The molecule has 1 aromatic rings. The molecular formula is C17H27N. The lowest BCUT2D eigenvalue weighted by Crippen LogP contribution is -2.30. The van der Waals surface area contributed by atoms with Gasteiger partial charge in [-0.15, -0.1) is 0 Å². The Kier molecular flexibility index (Phi) is 4.82. The van der Waals surface area contributed by atoms with Gasteiger partial charge in [0.2, 0.25) is 0 Å². The molecule has 18 heavy (non-hydrogen) atoms. The minimum Gasteiger partial charge on any atom is -0.307 e. The topological polar surface area (TPSA) is 12.0 Å². The molecule has 0 amide bonds. The molecule has 0 aliphatic heterocycles. The van der Waals surface area contributed by atoms with Crippen molar-refractivity contribution in [3.05, 3.63) is 35.4 Å². The third kappa shape index (κ3) is 3.35. The number of rotatable bonds is 5. The van der Waals surface area contributed by atoms with E-state index in [0.29, 0.717) is 6.04 Å². The van der Waals surface area contributed by atoms with Crippen LogP contribution in [0.4, 0.5) is 0 Å². The SMILES string of the molecule is CCc1ccc(C(CC)NC2CCC(C)C2)cc1. The van der Waals surface area contributed by atoms with E-state index < -0.39 is 0 Å². The van der Waals surface area contributed by atoms with Crippen molar-refractivity contribution in [1.29, 1.82) is 0 Å². The molecule has 2 rings (SSSR count). The molecule has 3 unspecified atom stereocenters. The molecule has 1 aliphatic rings. The highest BCUT2D eigenvalue weighted by atomic mass is 15.0. The van der Waals surface area contributed by atoms with Crippen molar-refractivity contribution in [2.45, 2.75) is 65.0 Å². The second-order valence-electron chi connectivity index (χ2n) is 5.84. The van der Waals surface area contributed by atoms with E-state index >= 15 is 0 Å². The van der Waals surface area contributed by atoms with Crippen molar-refractivity contribution in [3.63, 3.8) is 0 Å². The average Bonchev–Trinajstić information content (AvgIpc) is 2.82. The summed E-state index contributed by atoms with van der Waals surface area (Å²) < 4.78 is 0. The van der Waals surface area contributed by atoms with Crippen LogP contribution >= 0.6 is 0 Å². The van der Waals surface area contributed by atoms with E-state index in [0.717, 1.165) is 18.4 Å². The zero-order valence-electron chi connectivity index (χ0n) is 12.1. The Balaban J connectivity index is 1.98. The Bertz CT molecular complexity index is 354. The molecule has 0 radical (unpaired) electrons. The van der Waals surface area contributed by atoms with E-state index in [4.69, 9.17) is 0 Å². The lowest BCUT2D eigenvalue weighted by Gasteiger charge is -2.22. The van der Waals surface area contributed by atoms with Crippen LogP contribution in [0.15, 0.2) is 24.3 Å². The minimum atomic E-state index is 0.534. The van der Waals surface area contributed by atoms with Crippen LogP contribution in [0.1, 0.15) is 63.6 Å². The molecule has 1 aliphatic carbocycles. The zero-order chi connectivity index (χ0) is 13.0. The monoisotopic (exact) mass is 245 g/mol. The molecule has 0 saturated heterocycles. The van der Waals surface area contributed by atoms with E-state index in [2.05, 4.69) is 50.4 Å². The quantitative estimate of drug-likeness (QED) is 0.806. The number of hydrogen-bond donors (Lipinski definition) is 1. The van der Waals surface area contributed by atoms with Gasteiger partial charge >= 0.3 is 0 Å². The summed E-state index contributed by atoms with van der Waals surface area (Å²) in [6, 6.07) is 10.4. The lowest BCUT2D eigenvalue weighted by molar-refractivity contribution is 0.421. The fraction of sp³-hybridized carbons (Fsp3) is 0.647. The van der Waals surface area contributed by atoms with Gasteiger partial charge in [0.05, 0.1) is 0 Å². The Morgan fingerprint density at radius 3 is 2.39 bits per heavy atom. The first-order valence-corrected chi connectivity index (χ1v) is 7.57. The predicted molar refractivity (Wildman–Crippen MR) is 78.8 cm³/mol. The van der Waals surface area contributed by atoms with Crippen LogP contribution in [-0.4, -0.2) is 6.04 Å². The number of hydrogen-bond acceptors (Lipinski definition) is 1. The van der Waals surface area contributed by atoms with Gasteiger partial charge in [-0.1, -0.05) is 45.0 Å². The molecule has 0 bridgehead atoms. The summed E-state index contributed by atoms with van der Waals surface area (Å²) in [5.41, 5.74) is 2.89. The van der Waals surface area contributed by atoms with Gasteiger partial charge in [-0.25, -0.2) is 0 Å².